The van der Waals surface area contributed by atoms with Crippen LogP contribution in [-0.4, -0.2) is 9.49 Å². The zero-order valence-electron chi connectivity index (χ0n) is 4.21. The third-order valence-corrected chi connectivity index (χ3v) is 1.54. The minimum Gasteiger partial charge on any atom is -0.328 e. The van der Waals surface area contributed by atoms with Crippen molar-refractivity contribution in [3.05, 3.63) is 0 Å². The fraction of sp³-hybridized carbons (Fsp3) is 1.00. The molecule has 0 aromatic heterocycles. The molecule has 0 fully saturated rings. The molecule has 4 heteroatoms. The Morgan fingerprint density at radius 2 is 2.14 bits per heavy atom. The molecule has 0 aromatic rings. The average molecular weight is 140 g/mol. The van der Waals surface area contributed by atoms with Gasteiger partial charge in [-0.05, 0) is 26.8 Å². The minimum atomic E-state index is -0.580. The average Bonchev–Trinajstić information content (AvgIpc) is 1.68. The van der Waals surface area contributed by atoms with Crippen LogP contribution in [0.3, 0.4) is 0 Å². The second-order valence-corrected chi connectivity index (χ2v) is 2.93. The second kappa shape index (κ2) is 2.81. The third-order valence-electron chi connectivity index (χ3n) is 0.440. The van der Waals surface area contributed by atoms with Crippen molar-refractivity contribution in [1.29, 1.82) is 0 Å². The zero-order chi connectivity index (χ0) is 5.91. The topological polar surface area (TPSA) is 29.5 Å². The maximum Gasteiger partial charge on any atom is 0.147 e. The standard InChI is InChI=1S/C3H8O2S2/c1-3(2,5-6)7-4/h4,6H,1-2H3. The first-order chi connectivity index (χ1) is 3.12. The molecule has 0 amide bonds. The summed E-state index contributed by atoms with van der Waals surface area (Å²) in [5.41, 5.74) is 0. The predicted molar refractivity (Wildman–Crippen MR) is 34.4 cm³/mol. The van der Waals surface area contributed by atoms with Gasteiger partial charge in [-0.25, -0.2) is 0 Å². The number of hydrogen-bond donors (Lipinski definition) is 2. The number of thiol groups is 1. The molecule has 7 heavy (non-hydrogen) atoms. The molecule has 2 nitrogen and oxygen atoms in total. The van der Waals surface area contributed by atoms with Gasteiger partial charge in [-0.3, -0.25) is 4.18 Å². The molecule has 0 spiro atoms. The smallest absolute Gasteiger partial charge is 0.147 e. The van der Waals surface area contributed by atoms with Crippen molar-refractivity contribution in [3.8, 4) is 0 Å². The summed E-state index contributed by atoms with van der Waals surface area (Å²) in [5.74, 6) is 0. The van der Waals surface area contributed by atoms with Gasteiger partial charge in [0.1, 0.15) is 4.93 Å². The van der Waals surface area contributed by atoms with Gasteiger partial charge >= 0.3 is 0 Å². The van der Waals surface area contributed by atoms with Crippen molar-refractivity contribution in [2.75, 3.05) is 0 Å². The Balaban J connectivity index is 3.36. The van der Waals surface area contributed by atoms with Crippen LogP contribution in [0, 0.1) is 0 Å². The highest BCUT2D eigenvalue weighted by Gasteiger charge is 2.15. The van der Waals surface area contributed by atoms with E-state index in [2.05, 4.69) is 17.1 Å². The van der Waals surface area contributed by atoms with Crippen LogP contribution in [0.25, 0.3) is 0 Å². The SMILES string of the molecule is CC(C)(OS)SO. The van der Waals surface area contributed by atoms with E-state index in [-0.39, 0.29) is 0 Å². The molecule has 0 unspecified atom stereocenters. The van der Waals surface area contributed by atoms with Gasteiger partial charge in [0, 0.05) is 12.0 Å². The van der Waals surface area contributed by atoms with Crippen LogP contribution in [0.15, 0.2) is 0 Å². The predicted octanol–water partition coefficient (Wildman–Crippen LogP) is 1.79. The first-order valence-electron chi connectivity index (χ1n) is 1.77. The summed E-state index contributed by atoms with van der Waals surface area (Å²) in [6, 6.07) is 0. The summed E-state index contributed by atoms with van der Waals surface area (Å²) in [6.07, 6.45) is 0. The minimum absolute atomic E-state index is 0.580. The summed E-state index contributed by atoms with van der Waals surface area (Å²) in [6.45, 7) is 3.43. The van der Waals surface area contributed by atoms with E-state index in [9.17, 15) is 0 Å². The number of rotatable bonds is 2. The fourth-order valence-electron chi connectivity index (χ4n) is 0.0167. The van der Waals surface area contributed by atoms with E-state index >= 15 is 0 Å². The second-order valence-electron chi connectivity index (χ2n) is 1.58. The highest BCUT2D eigenvalue weighted by atomic mass is 32.2. The van der Waals surface area contributed by atoms with Crippen molar-refractivity contribution >= 4 is 25.0 Å². The third kappa shape index (κ3) is 3.22. The molecule has 44 valence electrons. The molecule has 0 aliphatic carbocycles. The van der Waals surface area contributed by atoms with Gasteiger partial charge in [-0.2, -0.15) is 0 Å². The van der Waals surface area contributed by atoms with Crippen LogP contribution < -0.4 is 0 Å². The Morgan fingerprint density at radius 1 is 1.71 bits per heavy atom. The first-order valence-corrected chi connectivity index (χ1v) is 2.91. The van der Waals surface area contributed by atoms with Gasteiger partial charge in [0.2, 0.25) is 0 Å². The molecule has 0 atom stereocenters. The van der Waals surface area contributed by atoms with E-state index < -0.39 is 4.93 Å². The lowest BCUT2D eigenvalue weighted by atomic mass is 10.5. The maximum absolute atomic E-state index is 8.34. The summed E-state index contributed by atoms with van der Waals surface area (Å²) in [4.78, 5) is -0.580. The Hall–Kier alpha value is 0.620. The monoisotopic (exact) mass is 140 g/mol. The summed E-state index contributed by atoms with van der Waals surface area (Å²) in [5, 5.41) is 0. The van der Waals surface area contributed by atoms with Crippen molar-refractivity contribution < 1.29 is 8.74 Å². The first kappa shape index (κ1) is 7.62. The normalized spacial score (nSPS) is 12.0. The highest BCUT2D eigenvalue weighted by molar-refractivity contribution is 7.95. The van der Waals surface area contributed by atoms with Crippen LogP contribution in [0.4, 0.5) is 0 Å². The fourth-order valence-corrected chi connectivity index (χ4v) is 0.150. The largest absolute Gasteiger partial charge is 0.328 e. The molecule has 1 N–H and O–H groups in total. The van der Waals surface area contributed by atoms with Gasteiger partial charge in [0.25, 0.3) is 0 Å². The van der Waals surface area contributed by atoms with Gasteiger partial charge in [0.05, 0.1) is 0 Å². The Bertz CT molecular complexity index is 48.9. The van der Waals surface area contributed by atoms with Gasteiger partial charge in [0.15, 0.2) is 0 Å². The molecule has 0 aromatic carbocycles. The van der Waals surface area contributed by atoms with Crippen LogP contribution in [0.2, 0.25) is 0 Å². The lowest BCUT2D eigenvalue weighted by Gasteiger charge is -2.14. The summed E-state index contributed by atoms with van der Waals surface area (Å²) >= 11 is 4.13. The van der Waals surface area contributed by atoms with E-state index in [0.29, 0.717) is 12.0 Å². The molecule has 0 aliphatic heterocycles. The van der Waals surface area contributed by atoms with Crippen molar-refractivity contribution in [2.45, 2.75) is 18.8 Å². The van der Waals surface area contributed by atoms with E-state index in [0.717, 1.165) is 0 Å². The number of hydrogen-bond acceptors (Lipinski definition) is 4. The Morgan fingerprint density at radius 3 is 2.14 bits per heavy atom. The van der Waals surface area contributed by atoms with Crippen molar-refractivity contribution in [3.63, 3.8) is 0 Å². The molecule has 0 rings (SSSR count). The lowest BCUT2D eigenvalue weighted by molar-refractivity contribution is 0.246. The van der Waals surface area contributed by atoms with Crippen LogP contribution >= 0.6 is 25.0 Å². The van der Waals surface area contributed by atoms with Crippen molar-refractivity contribution in [2.24, 2.45) is 0 Å². The van der Waals surface area contributed by atoms with E-state index in [4.69, 9.17) is 4.55 Å². The van der Waals surface area contributed by atoms with E-state index in [1.807, 2.05) is 0 Å². The van der Waals surface area contributed by atoms with Crippen molar-refractivity contribution in [1.82, 2.24) is 0 Å². The van der Waals surface area contributed by atoms with E-state index in [1.54, 1.807) is 13.8 Å². The van der Waals surface area contributed by atoms with E-state index in [1.165, 1.54) is 0 Å². The van der Waals surface area contributed by atoms with Gasteiger partial charge in [-0.1, -0.05) is 0 Å². The zero-order valence-corrected chi connectivity index (χ0v) is 5.92. The van der Waals surface area contributed by atoms with Crippen LogP contribution in [-0.2, 0) is 4.18 Å². The molecule has 0 saturated heterocycles. The molecular weight excluding hydrogens is 132 g/mol. The molecule has 0 heterocycles. The Labute approximate surface area is 53.1 Å². The molecule has 0 aliphatic rings. The summed E-state index contributed by atoms with van der Waals surface area (Å²) < 4.78 is 12.8. The van der Waals surface area contributed by atoms with Crippen LogP contribution in [0.5, 0.6) is 0 Å². The van der Waals surface area contributed by atoms with Gasteiger partial charge in [-0.15, -0.1) is 0 Å². The van der Waals surface area contributed by atoms with Gasteiger partial charge < -0.3 is 4.55 Å². The molecular formula is C3H8O2S2. The summed E-state index contributed by atoms with van der Waals surface area (Å²) in [7, 11) is 0. The van der Waals surface area contributed by atoms with Crippen LogP contribution in [0.1, 0.15) is 13.8 Å². The molecule has 0 saturated carbocycles. The molecule has 0 bridgehead atoms. The maximum atomic E-state index is 8.34. The highest BCUT2D eigenvalue weighted by Crippen LogP contribution is 2.22. The quantitative estimate of drug-likeness (QED) is 0.348. The lowest BCUT2D eigenvalue weighted by Crippen LogP contribution is -2.12. The molecule has 0 radical (unpaired) electrons. The Kier molecular flexibility index (Phi) is 3.06.